The van der Waals surface area contributed by atoms with Crippen molar-refractivity contribution >= 4 is 23.4 Å². The van der Waals surface area contributed by atoms with Gasteiger partial charge in [0.1, 0.15) is 6.04 Å². The fourth-order valence-electron chi connectivity index (χ4n) is 1.24. The molecule has 7 heteroatoms. The van der Waals surface area contributed by atoms with Gasteiger partial charge in [-0.05, 0) is 18.5 Å². The second kappa shape index (κ2) is 6.31. The van der Waals surface area contributed by atoms with Gasteiger partial charge in [0.05, 0.1) is 11.3 Å². The third-order valence-electron chi connectivity index (χ3n) is 2.21. The van der Waals surface area contributed by atoms with Crippen LogP contribution in [0, 0.1) is 6.92 Å². The van der Waals surface area contributed by atoms with E-state index in [4.69, 9.17) is 9.84 Å². The van der Waals surface area contributed by atoms with Crippen molar-refractivity contribution in [1.82, 2.24) is 9.69 Å². The Kier molecular flexibility index (Phi) is 5.05. The van der Waals surface area contributed by atoms with Crippen molar-refractivity contribution < 1.29 is 19.4 Å². The van der Waals surface area contributed by atoms with Gasteiger partial charge in [-0.2, -0.15) is 4.37 Å². The van der Waals surface area contributed by atoms with E-state index in [2.05, 4.69) is 9.69 Å². The fraction of sp³-hybridized carbons (Fsp3) is 0.500. The number of methoxy groups -OCH3 is 1. The Balaban J connectivity index is 2.64. The molecular weight excluding hydrogens is 244 g/mol. The highest BCUT2D eigenvalue weighted by Gasteiger charge is 2.21. The molecule has 1 amide bonds. The molecule has 94 valence electrons. The number of carbonyl (C=O) groups is 2. The van der Waals surface area contributed by atoms with Crippen LogP contribution < -0.4 is 5.32 Å². The quantitative estimate of drug-likeness (QED) is 0.783. The minimum Gasteiger partial charge on any atom is -0.480 e. The number of hydrogen-bond donors (Lipinski definition) is 2. The molecule has 0 aromatic carbocycles. The summed E-state index contributed by atoms with van der Waals surface area (Å²) >= 11 is 1.16. The van der Waals surface area contributed by atoms with Gasteiger partial charge in [-0.15, -0.1) is 0 Å². The van der Waals surface area contributed by atoms with Crippen LogP contribution in [0.25, 0.3) is 0 Å². The Hall–Kier alpha value is -1.47. The van der Waals surface area contributed by atoms with E-state index < -0.39 is 17.9 Å². The first-order valence-electron chi connectivity index (χ1n) is 4.99. The first kappa shape index (κ1) is 13.6. The van der Waals surface area contributed by atoms with Crippen LogP contribution in [-0.4, -0.2) is 41.1 Å². The molecule has 2 N–H and O–H groups in total. The number of aryl methyl sites for hydroxylation is 1. The number of nitrogens with one attached hydrogen (secondary N) is 1. The lowest BCUT2D eigenvalue weighted by atomic mass is 10.2. The number of nitrogens with zero attached hydrogens (tertiary/aromatic N) is 1. The predicted molar refractivity (Wildman–Crippen MR) is 62.2 cm³/mol. The van der Waals surface area contributed by atoms with Crippen LogP contribution in [0.1, 0.15) is 22.5 Å². The highest BCUT2D eigenvalue weighted by molar-refractivity contribution is 7.03. The third-order valence-corrected chi connectivity index (χ3v) is 2.93. The van der Waals surface area contributed by atoms with E-state index in [1.165, 1.54) is 7.11 Å². The molecule has 0 aliphatic carbocycles. The van der Waals surface area contributed by atoms with Crippen LogP contribution in [0.15, 0.2) is 5.38 Å². The van der Waals surface area contributed by atoms with Gasteiger partial charge in [0.2, 0.25) is 0 Å². The second-order valence-electron chi connectivity index (χ2n) is 3.46. The average Bonchev–Trinajstić information content (AvgIpc) is 2.70. The first-order chi connectivity index (χ1) is 8.06. The first-order valence-corrected chi connectivity index (χ1v) is 5.83. The molecule has 0 radical (unpaired) electrons. The topological polar surface area (TPSA) is 88.5 Å². The van der Waals surface area contributed by atoms with Crippen LogP contribution >= 0.6 is 11.5 Å². The fourth-order valence-corrected chi connectivity index (χ4v) is 1.93. The molecule has 17 heavy (non-hydrogen) atoms. The van der Waals surface area contributed by atoms with Crippen LogP contribution in [-0.2, 0) is 9.53 Å². The van der Waals surface area contributed by atoms with Crippen molar-refractivity contribution in [3.8, 4) is 0 Å². The minimum atomic E-state index is -1.07. The molecule has 0 aliphatic heterocycles. The molecule has 1 aromatic heterocycles. The molecule has 6 nitrogen and oxygen atoms in total. The minimum absolute atomic E-state index is 0.230. The van der Waals surface area contributed by atoms with Gasteiger partial charge < -0.3 is 15.2 Å². The van der Waals surface area contributed by atoms with Gasteiger partial charge in [-0.1, -0.05) is 0 Å². The predicted octanol–water partition coefficient (Wildman–Crippen LogP) is 0.671. The second-order valence-corrected chi connectivity index (χ2v) is 4.09. The van der Waals surface area contributed by atoms with Crippen molar-refractivity contribution in [2.45, 2.75) is 19.4 Å². The maximum Gasteiger partial charge on any atom is 0.326 e. The zero-order valence-corrected chi connectivity index (χ0v) is 10.4. The van der Waals surface area contributed by atoms with Crippen molar-refractivity contribution in [1.29, 1.82) is 0 Å². The number of carbonyl (C=O) groups excluding carboxylic acids is 1. The normalized spacial score (nSPS) is 12.1. The number of aliphatic carboxylic acids is 1. The van der Waals surface area contributed by atoms with Crippen LogP contribution in [0.4, 0.5) is 0 Å². The highest BCUT2D eigenvalue weighted by atomic mass is 32.1. The van der Waals surface area contributed by atoms with Crippen molar-refractivity contribution in [2.75, 3.05) is 13.7 Å². The summed E-state index contributed by atoms with van der Waals surface area (Å²) in [4.78, 5) is 22.7. The van der Waals surface area contributed by atoms with E-state index in [1.807, 2.05) is 0 Å². The van der Waals surface area contributed by atoms with E-state index in [0.717, 1.165) is 11.5 Å². The number of aromatic nitrogens is 1. The van der Waals surface area contributed by atoms with E-state index in [9.17, 15) is 9.59 Å². The summed E-state index contributed by atoms with van der Waals surface area (Å²) in [7, 11) is 1.48. The zero-order valence-electron chi connectivity index (χ0n) is 9.60. The number of hydrogen-bond acceptors (Lipinski definition) is 5. The van der Waals surface area contributed by atoms with Crippen LogP contribution in [0.3, 0.4) is 0 Å². The molecule has 0 spiro atoms. The Morgan fingerprint density at radius 1 is 1.65 bits per heavy atom. The summed E-state index contributed by atoms with van der Waals surface area (Å²) in [6.45, 7) is 1.98. The summed E-state index contributed by atoms with van der Waals surface area (Å²) in [5.74, 6) is -1.49. The van der Waals surface area contributed by atoms with Crippen molar-refractivity contribution in [2.24, 2.45) is 0 Å². The summed E-state index contributed by atoms with van der Waals surface area (Å²) < 4.78 is 8.75. The van der Waals surface area contributed by atoms with E-state index in [0.29, 0.717) is 11.3 Å². The van der Waals surface area contributed by atoms with Crippen LogP contribution in [0.2, 0.25) is 0 Å². The zero-order chi connectivity index (χ0) is 12.8. The number of ether oxygens (including phenoxy) is 1. The van der Waals surface area contributed by atoms with E-state index >= 15 is 0 Å². The monoisotopic (exact) mass is 258 g/mol. The number of carboxylic acid groups (broad SMARTS) is 1. The van der Waals surface area contributed by atoms with Gasteiger partial charge in [0, 0.05) is 25.5 Å². The Morgan fingerprint density at radius 2 is 2.35 bits per heavy atom. The molecule has 0 fully saturated rings. The number of rotatable bonds is 6. The smallest absolute Gasteiger partial charge is 0.326 e. The maximum absolute atomic E-state index is 11.8. The summed E-state index contributed by atoms with van der Waals surface area (Å²) in [5.41, 5.74) is 1.02. The SMILES string of the molecule is COCCC(NC(=O)c1csnc1C)C(=O)O. The lowest BCUT2D eigenvalue weighted by Crippen LogP contribution is -2.41. The number of amides is 1. The average molecular weight is 258 g/mol. The van der Waals surface area contributed by atoms with Gasteiger partial charge in [-0.3, -0.25) is 4.79 Å². The molecule has 1 rings (SSSR count). The summed E-state index contributed by atoms with van der Waals surface area (Å²) in [6, 6.07) is -0.943. The molecule has 0 bridgehead atoms. The van der Waals surface area contributed by atoms with Crippen LogP contribution in [0.5, 0.6) is 0 Å². The number of carboxylic acids is 1. The molecule has 0 saturated heterocycles. The maximum atomic E-state index is 11.8. The Morgan fingerprint density at radius 3 is 2.82 bits per heavy atom. The lowest BCUT2D eigenvalue weighted by molar-refractivity contribution is -0.139. The highest BCUT2D eigenvalue weighted by Crippen LogP contribution is 2.09. The van der Waals surface area contributed by atoms with Crippen molar-refractivity contribution in [3.63, 3.8) is 0 Å². The van der Waals surface area contributed by atoms with Gasteiger partial charge in [0.25, 0.3) is 5.91 Å². The van der Waals surface area contributed by atoms with Gasteiger partial charge >= 0.3 is 5.97 Å². The van der Waals surface area contributed by atoms with Gasteiger partial charge in [0.15, 0.2) is 0 Å². The van der Waals surface area contributed by atoms with E-state index in [1.54, 1.807) is 12.3 Å². The Bertz CT molecular complexity index is 405. The molecule has 0 saturated carbocycles. The molecule has 0 aliphatic rings. The molecule has 1 atom stereocenters. The summed E-state index contributed by atoms with van der Waals surface area (Å²) in [6.07, 6.45) is 0.230. The third kappa shape index (κ3) is 3.79. The summed E-state index contributed by atoms with van der Waals surface area (Å²) in [5, 5.41) is 13.0. The molecule has 1 unspecified atom stereocenters. The molecular formula is C10H14N2O4S. The lowest BCUT2D eigenvalue weighted by Gasteiger charge is -2.13. The van der Waals surface area contributed by atoms with E-state index in [-0.39, 0.29) is 13.0 Å². The standard InChI is InChI=1S/C10H14N2O4S/c1-6-7(5-17-12-6)9(13)11-8(10(14)15)3-4-16-2/h5,8H,3-4H2,1-2H3,(H,11,13)(H,14,15). The van der Waals surface area contributed by atoms with Gasteiger partial charge in [-0.25, -0.2) is 4.79 Å². The Labute approximate surface area is 103 Å². The van der Waals surface area contributed by atoms with Crippen molar-refractivity contribution in [3.05, 3.63) is 16.6 Å². The molecule has 1 heterocycles. The largest absolute Gasteiger partial charge is 0.480 e. The molecule has 1 aromatic rings.